The average molecular weight is 233 g/mol. The molecule has 0 saturated carbocycles. The second-order valence-electron chi connectivity index (χ2n) is 4.55. The normalized spacial score (nSPS) is 30.4. The van der Waals surface area contributed by atoms with E-state index in [2.05, 4.69) is 0 Å². The van der Waals surface area contributed by atoms with Crippen molar-refractivity contribution in [3.63, 3.8) is 0 Å². The molecule has 5 heteroatoms. The van der Waals surface area contributed by atoms with Gasteiger partial charge in [0.15, 0.2) is 0 Å². The molecule has 88 valence electrons. The Kier molecular flexibility index (Phi) is 4.28. The number of carbonyl (C=O) groups is 1. The summed E-state index contributed by atoms with van der Waals surface area (Å²) in [6.07, 6.45) is 0.696. The summed E-state index contributed by atoms with van der Waals surface area (Å²) in [7, 11) is -1.05. The van der Waals surface area contributed by atoms with Crippen LogP contribution in [0.1, 0.15) is 27.2 Å². The maximum absolute atomic E-state index is 11.9. The lowest BCUT2D eigenvalue weighted by molar-refractivity contribution is -0.143. The zero-order chi connectivity index (χ0) is 11.6. The number of piperidine rings is 1. The standard InChI is InChI=1S/C10H19NO3S/c1-7(2)15(14)11-5-8(3)4-9(6-11)10(12)13/h7-9H,4-6H2,1-3H3,(H,12,13). The number of rotatable bonds is 3. The zero-order valence-electron chi connectivity index (χ0n) is 9.47. The average Bonchev–Trinajstić information content (AvgIpc) is 2.15. The molecule has 0 bridgehead atoms. The highest BCUT2D eigenvalue weighted by Crippen LogP contribution is 2.23. The molecule has 1 rings (SSSR count). The van der Waals surface area contributed by atoms with E-state index >= 15 is 0 Å². The molecule has 0 aliphatic carbocycles. The molecule has 0 aromatic rings. The summed E-state index contributed by atoms with van der Waals surface area (Å²) in [5, 5.41) is 9.03. The molecule has 0 radical (unpaired) electrons. The zero-order valence-corrected chi connectivity index (χ0v) is 10.3. The van der Waals surface area contributed by atoms with Crippen molar-refractivity contribution in [1.29, 1.82) is 0 Å². The molecule has 3 atom stereocenters. The Morgan fingerprint density at radius 1 is 1.47 bits per heavy atom. The molecule has 0 amide bonds. The van der Waals surface area contributed by atoms with Crippen LogP contribution >= 0.6 is 0 Å². The minimum atomic E-state index is -1.05. The molecular weight excluding hydrogens is 214 g/mol. The number of carboxylic acids is 1. The molecule has 4 nitrogen and oxygen atoms in total. The van der Waals surface area contributed by atoms with Gasteiger partial charge in [0.1, 0.15) is 0 Å². The van der Waals surface area contributed by atoms with E-state index < -0.39 is 17.0 Å². The maximum Gasteiger partial charge on any atom is 0.307 e. The van der Waals surface area contributed by atoms with Gasteiger partial charge >= 0.3 is 5.97 Å². The van der Waals surface area contributed by atoms with Crippen LogP contribution in [0.3, 0.4) is 0 Å². The smallest absolute Gasteiger partial charge is 0.307 e. The van der Waals surface area contributed by atoms with Gasteiger partial charge in [0, 0.05) is 18.3 Å². The predicted molar refractivity (Wildman–Crippen MR) is 59.8 cm³/mol. The lowest BCUT2D eigenvalue weighted by Gasteiger charge is -2.34. The van der Waals surface area contributed by atoms with Crippen molar-refractivity contribution >= 4 is 17.0 Å². The van der Waals surface area contributed by atoms with E-state index in [1.165, 1.54) is 0 Å². The fraction of sp³-hybridized carbons (Fsp3) is 0.900. The van der Waals surface area contributed by atoms with Gasteiger partial charge in [-0.3, -0.25) is 4.79 Å². The van der Waals surface area contributed by atoms with Crippen molar-refractivity contribution in [1.82, 2.24) is 4.31 Å². The lowest BCUT2D eigenvalue weighted by Crippen LogP contribution is -2.44. The number of hydrogen-bond donors (Lipinski definition) is 1. The van der Waals surface area contributed by atoms with Crippen LogP contribution in [-0.2, 0) is 15.8 Å². The number of nitrogens with zero attached hydrogens (tertiary/aromatic N) is 1. The highest BCUT2D eigenvalue weighted by Gasteiger charge is 2.32. The third kappa shape index (κ3) is 3.28. The number of hydrogen-bond acceptors (Lipinski definition) is 2. The van der Waals surface area contributed by atoms with E-state index in [1.54, 1.807) is 4.31 Å². The van der Waals surface area contributed by atoms with Crippen LogP contribution in [0.2, 0.25) is 0 Å². The molecule has 0 aromatic carbocycles. The lowest BCUT2D eigenvalue weighted by atomic mass is 9.92. The fourth-order valence-electron chi connectivity index (χ4n) is 1.93. The summed E-state index contributed by atoms with van der Waals surface area (Å²) >= 11 is 0. The largest absolute Gasteiger partial charge is 0.481 e. The van der Waals surface area contributed by atoms with Gasteiger partial charge in [0.2, 0.25) is 0 Å². The highest BCUT2D eigenvalue weighted by molar-refractivity contribution is 7.83. The van der Waals surface area contributed by atoms with Crippen molar-refractivity contribution in [3.8, 4) is 0 Å². The van der Waals surface area contributed by atoms with E-state index in [9.17, 15) is 9.00 Å². The molecule has 1 saturated heterocycles. The van der Waals surface area contributed by atoms with Crippen LogP contribution in [0.5, 0.6) is 0 Å². The fourth-order valence-corrected chi connectivity index (χ4v) is 3.25. The SMILES string of the molecule is CC1CC(C(=O)O)CN(S(=O)C(C)C)C1. The predicted octanol–water partition coefficient (Wildman–Crippen LogP) is 1.10. The second-order valence-corrected chi connectivity index (χ2v) is 6.56. The first-order valence-electron chi connectivity index (χ1n) is 5.30. The minimum Gasteiger partial charge on any atom is -0.481 e. The van der Waals surface area contributed by atoms with Gasteiger partial charge < -0.3 is 5.11 Å². The Hall–Kier alpha value is -0.420. The first kappa shape index (κ1) is 12.6. The van der Waals surface area contributed by atoms with E-state index in [-0.39, 0.29) is 11.2 Å². The Morgan fingerprint density at radius 2 is 2.07 bits per heavy atom. The Balaban J connectivity index is 2.67. The van der Waals surface area contributed by atoms with Gasteiger partial charge in [-0.2, -0.15) is 0 Å². The number of carboxylic acid groups (broad SMARTS) is 1. The maximum atomic E-state index is 11.9. The molecule has 1 heterocycles. The molecule has 0 aromatic heterocycles. The van der Waals surface area contributed by atoms with Gasteiger partial charge in [0.05, 0.1) is 16.9 Å². The third-order valence-corrected chi connectivity index (χ3v) is 4.25. The summed E-state index contributed by atoms with van der Waals surface area (Å²) in [5.74, 6) is -0.827. The summed E-state index contributed by atoms with van der Waals surface area (Å²) < 4.78 is 13.7. The highest BCUT2D eigenvalue weighted by atomic mass is 32.2. The molecule has 1 aliphatic heterocycles. The Morgan fingerprint density at radius 3 is 2.53 bits per heavy atom. The quantitative estimate of drug-likeness (QED) is 0.794. The van der Waals surface area contributed by atoms with Gasteiger partial charge in [0.25, 0.3) is 0 Å². The van der Waals surface area contributed by atoms with Crippen molar-refractivity contribution in [2.75, 3.05) is 13.1 Å². The van der Waals surface area contributed by atoms with Crippen LogP contribution < -0.4 is 0 Å². The van der Waals surface area contributed by atoms with E-state index in [0.717, 1.165) is 6.54 Å². The van der Waals surface area contributed by atoms with Crippen molar-refractivity contribution in [2.24, 2.45) is 11.8 Å². The molecule has 1 aliphatic rings. The monoisotopic (exact) mass is 233 g/mol. The van der Waals surface area contributed by atoms with Crippen molar-refractivity contribution in [3.05, 3.63) is 0 Å². The Bertz CT molecular complexity index is 267. The molecular formula is C10H19NO3S. The summed E-state index contributed by atoms with van der Waals surface area (Å²) in [6, 6.07) is 0. The van der Waals surface area contributed by atoms with Crippen LogP contribution in [0, 0.1) is 11.8 Å². The minimum absolute atomic E-state index is 0.0599. The molecule has 1 fully saturated rings. The number of aliphatic carboxylic acids is 1. The Labute approximate surface area is 93.2 Å². The molecule has 15 heavy (non-hydrogen) atoms. The molecule has 3 unspecified atom stereocenters. The van der Waals surface area contributed by atoms with Gasteiger partial charge in [-0.25, -0.2) is 8.51 Å². The van der Waals surface area contributed by atoms with Crippen LogP contribution in [0.25, 0.3) is 0 Å². The van der Waals surface area contributed by atoms with Gasteiger partial charge in [-0.1, -0.05) is 6.92 Å². The molecule has 1 N–H and O–H groups in total. The van der Waals surface area contributed by atoms with Gasteiger partial charge in [-0.15, -0.1) is 0 Å². The van der Waals surface area contributed by atoms with Crippen molar-refractivity contribution in [2.45, 2.75) is 32.4 Å². The second kappa shape index (κ2) is 5.07. The topological polar surface area (TPSA) is 57.6 Å². The van der Waals surface area contributed by atoms with Crippen LogP contribution in [0.4, 0.5) is 0 Å². The van der Waals surface area contributed by atoms with Gasteiger partial charge in [-0.05, 0) is 26.2 Å². The first-order chi connectivity index (χ1) is 6.91. The van der Waals surface area contributed by atoms with E-state index in [0.29, 0.717) is 18.9 Å². The van der Waals surface area contributed by atoms with Crippen molar-refractivity contribution < 1.29 is 14.1 Å². The molecule has 0 spiro atoms. The first-order valence-corrected chi connectivity index (χ1v) is 6.47. The summed E-state index contributed by atoms with van der Waals surface area (Å²) in [5.41, 5.74) is 0. The third-order valence-electron chi connectivity index (χ3n) is 2.63. The van der Waals surface area contributed by atoms with E-state index in [4.69, 9.17) is 5.11 Å². The van der Waals surface area contributed by atoms with E-state index in [1.807, 2.05) is 20.8 Å². The summed E-state index contributed by atoms with van der Waals surface area (Å²) in [4.78, 5) is 10.9. The van der Waals surface area contributed by atoms with Crippen LogP contribution in [0.15, 0.2) is 0 Å². The van der Waals surface area contributed by atoms with Crippen LogP contribution in [-0.4, -0.2) is 37.9 Å². The summed E-state index contributed by atoms with van der Waals surface area (Å²) in [6.45, 7) is 6.97.